The van der Waals surface area contributed by atoms with Crippen LogP contribution in [0.2, 0.25) is 0 Å². The molecule has 0 aromatic heterocycles. The van der Waals surface area contributed by atoms with Crippen LogP contribution in [0.25, 0.3) is 0 Å². The summed E-state index contributed by atoms with van der Waals surface area (Å²) in [7, 11) is 0. The van der Waals surface area contributed by atoms with Gasteiger partial charge in [-0.1, -0.05) is 36.4 Å². The van der Waals surface area contributed by atoms with Gasteiger partial charge in [0, 0.05) is 11.1 Å². The molecule has 3 N–H and O–H groups in total. The zero-order valence-corrected chi connectivity index (χ0v) is 13.5. The van der Waals surface area contributed by atoms with Gasteiger partial charge in [-0.15, -0.1) is 0 Å². The van der Waals surface area contributed by atoms with Crippen LogP contribution in [0.3, 0.4) is 0 Å². The molecule has 0 fully saturated rings. The molecule has 0 atom stereocenters. The van der Waals surface area contributed by atoms with Crippen LogP contribution in [-0.4, -0.2) is 47.7 Å². The summed E-state index contributed by atoms with van der Waals surface area (Å²) in [4.78, 5) is 36.4. The third-order valence-electron chi connectivity index (χ3n) is 3.36. The summed E-state index contributed by atoms with van der Waals surface area (Å²) in [6, 6.07) is 17.2. The lowest BCUT2D eigenvalue weighted by Crippen LogP contribution is -2.46. The lowest BCUT2D eigenvalue weighted by Gasteiger charge is -2.21. The molecule has 2 amide bonds. The fraction of sp³-hybridized carbons (Fsp3) is 0.167. The maximum absolute atomic E-state index is 12.0. The highest BCUT2D eigenvalue weighted by molar-refractivity contribution is 5.94. The number of carboxylic acids is 1. The second-order valence-corrected chi connectivity index (χ2v) is 5.28. The highest BCUT2D eigenvalue weighted by atomic mass is 16.4. The van der Waals surface area contributed by atoms with Crippen LogP contribution in [0.4, 0.5) is 0 Å². The minimum absolute atomic E-state index is 0.00486. The van der Waals surface area contributed by atoms with Crippen molar-refractivity contribution in [2.24, 2.45) is 0 Å². The summed E-state index contributed by atoms with van der Waals surface area (Å²) < 4.78 is 0. The first-order chi connectivity index (χ1) is 12.1. The Labute approximate surface area is 145 Å². The van der Waals surface area contributed by atoms with E-state index in [9.17, 15) is 14.4 Å². The highest BCUT2D eigenvalue weighted by Crippen LogP contribution is 1.99. The monoisotopic (exact) mass is 341 g/mol. The van der Waals surface area contributed by atoms with Gasteiger partial charge in [-0.05, 0) is 24.3 Å². The summed E-state index contributed by atoms with van der Waals surface area (Å²) in [5, 5.41) is 14.3. The van der Waals surface area contributed by atoms with E-state index in [2.05, 4.69) is 10.6 Å². The summed E-state index contributed by atoms with van der Waals surface area (Å²) >= 11 is 0. The zero-order valence-electron chi connectivity index (χ0n) is 13.5. The van der Waals surface area contributed by atoms with E-state index in [0.717, 1.165) is 0 Å². The van der Waals surface area contributed by atoms with E-state index in [1.807, 2.05) is 0 Å². The first kappa shape index (κ1) is 18.2. The number of benzene rings is 2. The van der Waals surface area contributed by atoms with Crippen molar-refractivity contribution in [3.63, 3.8) is 0 Å². The molecule has 0 bridgehead atoms. The quantitative estimate of drug-likeness (QED) is 0.626. The number of carbonyl (C=O) groups excluding carboxylic acids is 2. The summed E-state index contributed by atoms with van der Waals surface area (Å²) in [5.74, 6) is -1.68. The van der Waals surface area contributed by atoms with Crippen LogP contribution >= 0.6 is 0 Å². The summed E-state index contributed by atoms with van der Waals surface area (Å²) in [5.41, 5.74) is 0.956. The third-order valence-corrected chi connectivity index (χ3v) is 3.36. The number of rotatable bonds is 8. The number of hydrogen-bond donors (Lipinski definition) is 3. The average molecular weight is 341 g/mol. The molecule has 2 aromatic carbocycles. The minimum Gasteiger partial charge on any atom is -0.480 e. The van der Waals surface area contributed by atoms with Crippen molar-refractivity contribution in [2.45, 2.75) is 0 Å². The molecule has 0 unspecified atom stereocenters. The molecule has 0 aliphatic rings. The van der Waals surface area contributed by atoms with E-state index in [0.29, 0.717) is 11.1 Å². The molecule has 0 saturated carbocycles. The Kier molecular flexibility index (Phi) is 6.67. The molecule has 2 aromatic rings. The fourth-order valence-electron chi connectivity index (χ4n) is 2.11. The zero-order chi connectivity index (χ0) is 18.1. The maximum Gasteiger partial charge on any atom is 0.317 e. The van der Waals surface area contributed by atoms with Crippen molar-refractivity contribution in [1.29, 1.82) is 0 Å². The van der Waals surface area contributed by atoms with Gasteiger partial charge >= 0.3 is 5.97 Å². The summed E-state index contributed by atoms with van der Waals surface area (Å²) in [6.07, 6.45) is 0. The molecule has 0 aliphatic carbocycles. The van der Waals surface area contributed by atoms with Crippen LogP contribution in [0, 0.1) is 0 Å². The Balaban J connectivity index is 1.89. The van der Waals surface area contributed by atoms with Gasteiger partial charge < -0.3 is 15.7 Å². The molecule has 0 radical (unpaired) electrons. The molecule has 0 saturated heterocycles. The molecular formula is C18H19N3O4. The largest absolute Gasteiger partial charge is 0.480 e. The van der Waals surface area contributed by atoms with Crippen molar-refractivity contribution >= 4 is 17.8 Å². The third kappa shape index (κ3) is 6.08. The Morgan fingerprint density at radius 2 is 1.16 bits per heavy atom. The second-order valence-electron chi connectivity index (χ2n) is 5.28. The van der Waals surface area contributed by atoms with Crippen molar-refractivity contribution in [3.05, 3.63) is 71.8 Å². The Bertz CT molecular complexity index is 664. The SMILES string of the molecule is O=C(O)CN(CNC(=O)c1ccccc1)CNC(=O)c1ccccc1. The van der Waals surface area contributed by atoms with Crippen LogP contribution in [0.1, 0.15) is 20.7 Å². The smallest absolute Gasteiger partial charge is 0.317 e. The van der Waals surface area contributed by atoms with E-state index < -0.39 is 5.97 Å². The Hall–Kier alpha value is -3.19. The van der Waals surface area contributed by atoms with E-state index in [1.54, 1.807) is 60.7 Å². The number of nitrogens with one attached hydrogen (secondary N) is 2. The van der Waals surface area contributed by atoms with Crippen molar-refractivity contribution < 1.29 is 19.5 Å². The predicted molar refractivity (Wildman–Crippen MR) is 91.9 cm³/mol. The van der Waals surface area contributed by atoms with Crippen LogP contribution in [0.15, 0.2) is 60.7 Å². The van der Waals surface area contributed by atoms with Gasteiger partial charge in [-0.25, -0.2) is 0 Å². The van der Waals surface area contributed by atoms with Crippen molar-refractivity contribution in [1.82, 2.24) is 15.5 Å². The maximum atomic E-state index is 12.0. The van der Waals surface area contributed by atoms with E-state index in [-0.39, 0.29) is 31.7 Å². The molecule has 7 nitrogen and oxygen atoms in total. The highest BCUT2D eigenvalue weighted by Gasteiger charge is 2.13. The van der Waals surface area contributed by atoms with Gasteiger partial charge in [0.05, 0.1) is 19.9 Å². The normalized spacial score (nSPS) is 10.3. The minimum atomic E-state index is -1.05. The topological polar surface area (TPSA) is 98.7 Å². The van der Waals surface area contributed by atoms with Crippen LogP contribution < -0.4 is 10.6 Å². The van der Waals surface area contributed by atoms with E-state index in [4.69, 9.17) is 5.11 Å². The van der Waals surface area contributed by atoms with Gasteiger partial charge in [0.1, 0.15) is 0 Å². The van der Waals surface area contributed by atoms with Crippen molar-refractivity contribution in [2.75, 3.05) is 19.9 Å². The Morgan fingerprint density at radius 1 is 0.760 bits per heavy atom. The van der Waals surface area contributed by atoms with Gasteiger partial charge in [-0.2, -0.15) is 0 Å². The van der Waals surface area contributed by atoms with Crippen molar-refractivity contribution in [3.8, 4) is 0 Å². The molecule has 2 rings (SSSR count). The average Bonchev–Trinajstić information content (AvgIpc) is 2.64. The van der Waals surface area contributed by atoms with Gasteiger partial charge in [0.2, 0.25) is 0 Å². The second kappa shape index (κ2) is 9.19. The molecule has 7 heteroatoms. The molecule has 130 valence electrons. The standard InChI is InChI=1S/C18H19N3O4/c22-16(23)11-21(12-19-17(24)14-7-3-1-4-8-14)13-20-18(25)15-9-5-2-6-10-15/h1-10H,11-13H2,(H,19,24)(H,20,25)(H,22,23). The fourth-order valence-corrected chi connectivity index (χ4v) is 2.11. The molecule has 25 heavy (non-hydrogen) atoms. The van der Waals surface area contributed by atoms with E-state index in [1.165, 1.54) is 4.90 Å². The number of nitrogens with zero attached hydrogens (tertiary/aromatic N) is 1. The number of carbonyl (C=O) groups is 3. The number of hydrogen-bond acceptors (Lipinski definition) is 4. The number of carboxylic acid groups (broad SMARTS) is 1. The number of aliphatic carboxylic acids is 1. The first-order valence-electron chi connectivity index (χ1n) is 7.67. The van der Waals surface area contributed by atoms with E-state index >= 15 is 0 Å². The molecule has 0 heterocycles. The van der Waals surface area contributed by atoms with Crippen LogP contribution in [0.5, 0.6) is 0 Å². The van der Waals surface area contributed by atoms with Gasteiger partial charge in [0.25, 0.3) is 11.8 Å². The molecule has 0 aliphatic heterocycles. The lowest BCUT2D eigenvalue weighted by molar-refractivity contribution is -0.138. The summed E-state index contributed by atoms with van der Waals surface area (Å²) in [6.45, 7) is -0.325. The molecule has 0 spiro atoms. The lowest BCUT2D eigenvalue weighted by atomic mass is 10.2. The number of amides is 2. The first-order valence-corrected chi connectivity index (χ1v) is 7.67. The molecular weight excluding hydrogens is 322 g/mol. The van der Waals surface area contributed by atoms with Gasteiger partial charge in [0.15, 0.2) is 0 Å². The Morgan fingerprint density at radius 3 is 1.52 bits per heavy atom. The van der Waals surface area contributed by atoms with Gasteiger partial charge in [-0.3, -0.25) is 19.3 Å². The van der Waals surface area contributed by atoms with Crippen LogP contribution in [-0.2, 0) is 4.79 Å². The predicted octanol–water partition coefficient (Wildman–Crippen LogP) is 1.15.